The summed E-state index contributed by atoms with van der Waals surface area (Å²) in [4.78, 5) is 9.00. The van der Waals surface area contributed by atoms with Gasteiger partial charge in [-0.2, -0.15) is 0 Å². The fourth-order valence-electron chi connectivity index (χ4n) is 2.49. The molecule has 0 fully saturated rings. The summed E-state index contributed by atoms with van der Waals surface area (Å²) in [6.45, 7) is 9.07. The maximum atomic E-state index is 5.58. The summed E-state index contributed by atoms with van der Waals surface area (Å²) in [5, 5.41) is 6.64. The molecule has 0 radical (unpaired) electrons. The number of aromatic nitrogens is 1. The summed E-state index contributed by atoms with van der Waals surface area (Å²) >= 11 is 0. The van der Waals surface area contributed by atoms with Gasteiger partial charge in [-0.3, -0.25) is 4.98 Å². The zero-order valence-electron chi connectivity index (χ0n) is 15.4. The molecule has 0 bridgehead atoms. The van der Waals surface area contributed by atoms with Crippen LogP contribution in [-0.2, 0) is 13.0 Å². The van der Waals surface area contributed by atoms with E-state index in [1.165, 1.54) is 5.56 Å². The Kier molecular flexibility index (Phi) is 7.76. The van der Waals surface area contributed by atoms with Crippen molar-refractivity contribution >= 4 is 5.96 Å². The molecular weight excluding hydrogens is 312 g/mol. The molecule has 1 aromatic heterocycles. The van der Waals surface area contributed by atoms with E-state index < -0.39 is 0 Å². The number of ether oxygens (including phenoxy) is 1. The molecule has 0 spiro atoms. The first-order chi connectivity index (χ1) is 12.2. The van der Waals surface area contributed by atoms with Gasteiger partial charge in [0, 0.05) is 31.4 Å². The van der Waals surface area contributed by atoms with E-state index in [4.69, 9.17) is 4.74 Å². The molecular formula is C20H28N4O. The third-order valence-corrected chi connectivity index (χ3v) is 3.70. The number of benzene rings is 1. The lowest BCUT2D eigenvalue weighted by Crippen LogP contribution is -2.38. The Hall–Kier alpha value is -2.56. The first-order valence-electron chi connectivity index (χ1n) is 8.87. The summed E-state index contributed by atoms with van der Waals surface area (Å²) in [5.74, 6) is 1.76. The van der Waals surface area contributed by atoms with Gasteiger partial charge in [0.15, 0.2) is 5.96 Å². The standard InChI is InChI=1S/C20H28N4O/c1-4-21-20(23-13-11-18-8-6-7-12-22-18)24-15-17-9-10-19(25-5-2)16(3)14-17/h6-10,12,14H,4-5,11,13,15H2,1-3H3,(H2,21,23,24). The highest BCUT2D eigenvalue weighted by atomic mass is 16.5. The predicted octanol–water partition coefficient (Wildman–Crippen LogP) is 3.09. The molecule has 2 rings (SSSR count). The minimum Gasteiger partial charge on any atom is -0.494 e. The average molecular weight is 340 g/mol. The van der Waals surface area contributed by atoms with Gasteiger partial charge >= 0.3 is 0 Å². The number of nitrogens with zero attached hydrogens (tertiary/aromatic N) is 2. The predicted molar refractivity (Wildman–Crippen MR) is 103 cm³/mol. The lowest BCUT2D eigenvalue weighted by atomic mass is 10.1. The van der Waals surface area contributed by atoms with Crippen molar-refractivity contribution in [2.45, 2.75) is 33.7 Å². The van der Waals surface area contributed by atoms with E-state index in [9.17, 15) is 0 Å². The second kappa shape index (κ2) is 10.3. The van der Waals surface area contributed by atoms with Gasteiger partial charge in [-0.1, -0.05) is 18.2 Å². The molecule has 0 saturated heterocycles. The van der Waals surface area contributed by atoms with Crippen molar-refractivity contribution in [3.8, 4) is 5.75 Å². The first kappa shape index (κ1) is 18.8. The highest BCUT2D eigenvalue weighted by Crippen LogP contribution is 2.19. The molecule has 25 heavy (non-hydrogen) atoms. The molecule has 0 aliphatic rings. The molecule has 2 aromatic rings. The third-order valence-electron chi connectivity index (χ3n) is 3.70. The van der Waals surface area contributed by atoms with Gasteiger partial charge in [-0.05, 0) is 50.1 Å². The van der Waals surface area contributed by atoms with Crippen molar-refractivity contribution in [3.05, 3.63) is 59.4 Å². The zero-order valence-corrected chi connectivity index (χ0v) is 15.4. The number of guanidine groups is 1. The number of hydrogen-bond donors (Lipinski definition) is 2. The molecule has 1 heterocycles. The van der Waals surface area contributed by atoms with Crippen LogP contribution in [0.25, 0.3) is 0 Å². The van der Waals surface area contributed by atoms with Crippen molar-refractivity contribution < 1.29 is 4.74 Å². The smallest absolute Gasteiger partial charge is 0.191 e. The Morgan fingerprint density at radius 3 is 2.72 bits per heavy atom. The number of aryl methyl sites for hydroxylation is 1. The Bertz CT molecular complexity index is 671. The average Bonchev–Trinajstić information content (AvgIpc) is 2.63. The maximum Gasteiger partial charge on any atom is 0.191 e. The van der Waals surface area contributed by atoms with Crippen LogP contribution in [0, 0.1) is 6.92 Å². The fraction of sp³-hybridized carbons (Fsp3) is 0.400. The normalized spacial score (nSPS) is 11.2. The van der Waals surface area contributed by atoms with Crippen molar-refractivity contribution in [2.24, 2.45) is 4.99 Å². The highest BCUT2D eigenvalue weighted by Gasteiger charge is 2.02. The molecule has 1 aromatic carbocycles. The first-order valence-corrected chi connectivity index (χ1v) is 8.87. The summed E-state index contributed by atoms with van der Waals surface area (Å²) in [5.41, 5.74) is 3.39. The molecule has 0 amide bonds. The summed E-state index contributed by atoms with van der Waals surface area (Å²) < 4.78 is 5.58. The second-order valence-electron chi connectivity index (χ2n) is 5.73. The number of aliphatic imine (C=N–C) groups is 1. The molecule has 134 valence electrons. The van der Waals surface area contributed by atoms with Crippen LogP contribution in [0.5, 0.6) is 5.75 Å². The largest absolute Gasteiger partial charge is 0.494 e. The maximum absolute atomic E-state index is 5.58. The van der Waals surface area contributed by atoms with Gasteiger partial charge in [0.1, 0.15) is 5.75 Å². The highest BCUT2D eigenvalue weighted by molar-refractivity contribution is 5.79. The van der Waals surface area contributed by atoms with Crippen LogP contribution in [0.2, 0.25) is 0 Å². The Morgan fingerprint density at radius 1 is 1.16 bits per heavy atom. The summed E-state index contributed by atoms with van der Waals surface area (Å²) in [7, 11) is 0. The van der Waals surface area contributed by atoms with Gasteiger partial charge in [0.2, 0.25) is 0 Å². The minimum absolute atomic E-state index is 0.631. The quantitative estimate of drug-likeness (QED) is 0.573. The van der Waals surface area contributed by atoms with Gasteiger partial charge in [-0.25, -0.2) is 4.99 Å². The van der Waals surface area contributed by atoms with Crippen LogP contribution in [0.1, 0.15) is 30.7 Å². The molecule has 5 nitrogen and oxygen atoms in total. The lowest BCUT2D eigenvalue weighted by molar-refractivity contribution is 0.338. The summed E-state index contributed by atoms with van der Waals surface area (Å²) in [6, 6.07) is 12.2. The minimum atomic E-state index is 0.631. The monoisotopic (exact) mass is 340 g/mol. The van der Waals surface area contributed by atoms with Crippen LogP contribution in [-0.4, -0.2) is 30.6 Å². The summed E-state index contributed by atoms with van der Waals surface area (Å²) in [6.07, 6.45) is 2.69. The van der Waals surface area contributed by atoms with Crippen LogP contribution in [0.3, 0.4) is 0 Å². The molecule has 0 atom stereocenters. The SMILES string of the molecule is CCNC(=NCc1ccc(OCC)c(C)c1)NCCc1ccccn1. The number of rotatable bonds is 8. The van der Waals surface area contributed by atoms with Gasteiger partial charge in [0.05, 0.1) is 13.2 Å². The Morgan fingerprint density at radius 2 is 2.04 bits per heavy atom. The van der Waals surface area contributed by atoms with E-state index in [-0.39, 0.29) is 0 Å². The van der Waals surface area contributed by atoms with Crippen molar-refractivity contribution in [2.75, 3.05) is 19.7 Å². The van der Waals surface area contributed by atoms with E-state index in [2.05, 4.69) is 46.6 Å². The van der Waals surface area contributed by atoms with E-state index in [0.29, 0.717) is 13.2 Å². The number of pyridine rings is 1. The number of hydrogen-bond acceptors (Lipinski definition) is 3. The van der Waals surface area contributed by atoms with Crippen LogP contribution < -0.4 is 15.4 Å². The van der Waals surface area contributed by atoms with Crippen molar-refractivity contribution in [1.82, 2.24) is 15.6 Å². The molecule has 5 heteroatoms. The van der Waals surface area contributed by atoms with Crippen molar-refractivity contribution in [3.63, 3.8) is 0 Å². The molecule has 0 aliphatic heterocycles. The lowest BCUT2D eigenvalue weighted by Gasteiger charge is -2.12. The van der Waals surface area contributed by atoms with Gasteiger partial charge < -0.3 is 15.4 Å². The van der Waals surface area contributed by atoms with Gasteiger partial charge in [-0.15, -0.1) is 0 Å². The molecule has 0 aliphatic carbocycles. The van der Waals surface area contributed by atoms with Gasteiger partial charge in [0.25, 0.3) is 0 Å². The second-order valence-corrected chi connectivity index (χ2v) is 5.73. The van der Waals surface area contributed by atoms with E-state index in [1.807, 2.05) is 37.4 Å². The van der Waals surface area contributed by atoms with E-state index >= 15 is 0 Å². The van der Waals surface area contributed by atoms with E-state index in [0.717, 1.165) is 42.5 Å². The van der Waals surface area contributed by atoms with Crippen LogP contribution in [0.15, 0.2) is 47.6 Å². The molecule has 0 saturated carbocycles. The topological polar surface area (TPSA) is 58.5 Å². The van der Waals surface area contributed by atoms with Crippen molar-refractivity contribution in [1.29, 1.82) is 0 Å². The molecule has 2 N–H and O–H groups in total. The Balaban J connectivity index is 1.91. The van der Waals surface area contributed by atoms with E-state index in [1.54, 1.807) is 0 Å². The fourth-order valence-corrected chi connectivity index (χ4v) is 2.49. The third kappa shape index (κ3) is 6.45. The number of nitrogens with one attached hydrogen (secondary N) is 2. The Labute approximate surface area is 150 Å². The van der Waals surface area contributed by atoms with Crippen LogP contribution in [0.4, 0.5) is 0 Å². The van der Waals surface area contributed by atoms with Crippen LogP contribution >= 0.6 is 0 Å². The molecule has 0 unspecified atom stereocenters. The zero-order chi connectivity index (χ0) is 17.9.